The van der Waals surface area contributed by atoms with E-state index in [4.69, 9.17) is 0 Å². The van der Waals surface area contributed by atoms with E-state index in [1.54, 1.807) is 0 Å². The normalized spacial score (nSPS) is 22.5. The summed E-state index contributed by atoms with van der Waals surface area (Å²) in [6.45, 7) is 0. The van der Waals surface area contributed by atoms with Crippen molar-refractivity contribution in [2.75, 3.05) is 0 Å². The lowest BCUT2D eigenvalue weighted by Crippen LogP contribution is -2.05. The molecule has 0 heterocycles. The summed E-state index contributed by atoms with van der Waals surface area (Å²) in [7, 11) is 0. The van der Waals surface area contributed by atoms with Gasteiger partial charge in [-0.25, -0.2) is 0 Å². The van der Waals surface area contributed by atoms with Crippen molar-refractivity contribution < 1.29 is 0 Å². The second-order valence-corrected chi connectivity index (χ2v) is 4.53. The smallest absolute Gasteiger partial charge is 0.0398 e. The van der Waals surface area contributed by atoms with Gasteiger partial charge in [0.1, 0.15) is 0 Å². The SMILES string of the molecule is BrC1CCCC=C1c1ccccc1. The fraction of sp³-hybridized carbons (Fsp3) is 0.333. The van der Waals surface area contributed by atoms with Crippen LogP contribution >= 0.6 is 15.9 Å². The second-order valence-electron chi connectivity index (χ2n) is 3.42. The summed E-state index contributed by atoms with van der Waals surface area (Å²) >= 11 is 3.72. The Balaban J connectivity index is 2.30. The summed E-state index contributed by atoms with van der Waals surface area (Å²) < 4.78 is 0. The summed E-state index contributed by atoms with van der Waals surface area (Å²) in [5, 5.41) is 0. The van der Waals surface area contributed by atoms with Crippen molar-refractivity contribution >= 4 is 21.5 Å². The van der Waals surface area contributed by atoms with Crippen molar-refractivity contribution in [3.05, 3.63) is 42.0 Å². The summed E-state index contributed by atoms with van der Waals surface area (Å²) in [5.74, 6) is 0. The molecule has 0 saturated carbocycles. The Morgan fingerprint density at radius 2 is 1.92 bits per heavy atom. The van der Waals surface area contributed by atoms with Crippen molar-refractivity contribution in [1.29, 1.82) is 0 Å². The molecule has 1 heteroatoms. The second kappa shape index (κ2) is 4.10. The van der Waals surface area contributed by atoms with Crippen LogP contribution in [0.3, 0.4) is 0 Å². The lowest BCUT2D eigenvalue weighted by molar-refractivity contribution is 0.758. The van der Waals surface area contributed by atoms with Crippen molar-refractivity contribution in [3.63, 3.8) is 0 Å². The van der Waals surface area contributed by atoms with Gasteiger partial charge in [0.2, 0.25) is 0 Å². The lowest BCUT2D eigenvalue weighted by atomic mass is 9.94. The summed E-state index contributed by atoms with van der Waals surface area (Å²) in [6.07, 6.45) is 6.16. The zero-order valence-electron chi connectivity index (χ0n) is 7.54. The highest BCUT2D eigenvalue weighted by Gasteiger charge is 2.15. The van der Waals surface area contributed by atoms with E-state index in [-0.39, 0.29) is 0 Å². The molecule has 1 unspecified atom stereocenters. The molecule has 0 bridgehead atoms. The number of rotatable bonds is 1. The molecule has 0 radical (unpaired) electrons. The quantitative estimate of drug-likeness (QED) is 0.647. The summed E-state index contributed by atoms with van der Waals surface area (Å²) in [5.41, 5.74) is 2.83. The third kappa shape index (κ3) is 2.02. The van der Waals surface area contributed by atoms with Gasteiger partial charge in [-0.15, -0.1) is 0 Å². The Kier molecular flexibility index (Phi) is 2.84. The van der Waals surface area contributed by atoms with Crippen LogP contribution in [0.1, 0.15) is 24.8 Å². The van der Waals surface area contributed by atoms with Gasteiger partial charge in [-0.1, -0.05) is 52.3 Å². The number of alkyl halides is 1. The molecule has 0 fully saturated rings. The Morgan fingerprint density at radius 3 is 2.62 bits per heavy atom. The minimum atomic E-state index is 0.559. The number of hydrogen-bond acceptors (Lipinski definition) is 0. The van der Waals surface area contributed by atoms with Gasteiger partial charge in [0, 0.05) is 4.83 Å². The molecule has 1 atom stereocenters. The predicted octanol–water partition coefficient (Wildman–Crippen LogP) is 4.02. The molecular weight excluding hydrogens is 224 g/mol. The van der Waals surface area contributed by atoms with Crippen molar-refractivity contribution in [3.8, 4) is 0 Å². The van der Waals surface area contributed by atoms with Crippen LogP contribution in [-0.4, -0.2) is 4.83 Å². The van der Waals surface area contributed by atoms with E-state index in [1.807, 2.05) is 0 Å². The first-order valence-corrected chi connectivity index (χ1v) is 5.69. The number of benzene rings is 1. The highest BCUT2D eigenvalue weighted by atomic mass is 79.9. The molecule has 0 aromatic heterocycles. The average Bonchev–Trinajstić information content (AvgIpc) is 2.20. The van der Waals surface area contributed by atoms with E-state index in [0.717, 1.165) is 0 Å². The first kappa shape index (κ1) is 9.01. The molecule has 0 aliphatic heterocycles. The maximum Gasteiger partial charge on any atom is 0.0398 e. The van der Waals surface area contributed by atoms with Gasteiger partial charge in [0.25, 0.3) is 0 Å². The maximum atomic E-state index is 3.72. The van der Waals surface area contributed by atoms with Crippen LogP contribution in [-0.2, 0) is 0 Å². The van der Waals surface area contributed by atoms with Gasteiger partial charge in [-0.05, 0) is 30.4 Å². The Labute approximate surface area is 87.8 Å². The van der Waals surface area contributed by atoms with E-state index in [9.17, 15) is 0 Å². The van der Waals surface area contributed by atoms with Crippen LogP contribution in [0.25, 0.3) is 5.57 Å². The van der Waals surface area contributed by atoms with Gasteiger partial charge in [0.15, 0.2) is 0 Å². The average molecular weight is 237 g/mol. The molecule has 1 aromatic rings. The maximum absolute atomic E-state index is 3.72. The van der Waals surface area contributed by atoms with Crippen LogP contribution in [0.2, 0.25) is 0 Å². The molecule has 68 valence electrons. The first-order chi connectivity index (χ1) is 6.38. The first-order valence-electron chi connectivity index (χ1n) is 4.77. The third-order valence-corrected chi connectivity index (χ3v) is 3.42. The number of hydrogen-bond donors (Lipinski definition) is 0. The number of allylic oxidation sites excluding steroid dienone is 2. The van der Waals surface area contributed by atoms with Crippen LogP contribution in [0.15, 0.2) is 36.4 Å². The van der Waals surface area contributed by atoms with Crippen molar-refractivity contribution in [1.82, 2.24) is 0 Å². The zero-order chi connectivity index (χ0) is 9.10. The van der Waals surface area contributed by atoms with Crippen molar-refractivity contribution in [2.24, 2.45) is 0 Å². The van der Waals surface area contributed by atoms with Crippen LogP contribution in [0.5, 0.6) is 0 Å². The molecule has 0 spiro atoms. The molecule has 0 N–H and O–H groups in total. The van der Waals surface area contributed by atoms with Gasteiger partial charge in [-0.3, -0.25) is 0 Å². The van der Waals surface area contributed by atoms with Gasteiger partial charge < -0.3 is 0 Å². The molecule has 0 nitrogen and oxygen atoms in total. The summed E-state index contributed by atoms with van der Waals surface area (Å²) in [6, 6.07) is 10.6. The standard InChI is InChI=1S/C12H13Br/c13-12-9-5-4-8-11(12)10-6-2-1-3-7-10/h1-3,6-8,12H,4-5,9H2. The molecule has 13 heavy (non-hydrogen) atoms. The van der Waals surface area contributed by atoms with Gasteiger partial charge in [-0.2, -0.15) is 0 Å². The predicted molar refractivity (Wildman–Crippen MR) is 61.0 cm³/mol. The topological polar surface area (TPSA) is 0 Å². The molecule has 1 aliphatic rings. The Hall–Kier alpha value is -0.560. The van der Waals surface area contributed by atoms with Gasteiger partial charge in [0.05, 0.1) is 0 Å². The zero-order valence-corrected chi connectivity index (χ0v) is 9.13. The molecule has 0 saturated heterocycles. The Bertz CT molecular complexity index is 300. The highest BCUT2D eigenvalue weighted by molar-refractivity contribution is 9.09. The molecule has 1 aromatic carbocycles. The van der Waals surface area contributed by atoms with Gasteiger partial charge >= 0.3 is 0 Å². The fourth-order valence-electron chi connectivity index (χ4n) is 1.77. The van der Waals surface area contributed by atoms with E-state index >= 15 is 0 Å². The van der Waals surface area contributed by atoms with E-state index < -0.39 is 0 Å². The highest BCUT2D eigenvalue weighted by Crippen LogP contribution is 2.31. The van der Waals surface area contributed by atoms with Crippen LogP contribution < -0.4 is 0 Å². The monoisotopic (exact) mass is 236 g/mol. The minimum Gasteiger partial charge on any atom is -0.0839 e. The lowest BCUT2D eigenvalue weighted by Gasteiger charge is -2.19. The van der Waals surface area contributed by atoms with Crippen molar-refractivity contribution in [2.45, 2.75) is 24.1 Å². The van der Waals surface area contributed by atoms with E-state index in [2.05, 4.69) is 52.3 Å². The molecule has 2 rings (SSSR count). The van der Waals surface area contributed by atoms with Crippen LogP contribution in [0.4, 0.5) is 0 Å². The van der Waals surface area contributed by atoms with E-state index in [1.165, 1.54) is 30.4 Å². The van der Waals surface area contributed by atoms with Crippen LogP contribution in [0, 0.1) is 0 Å². The molecular formula is C12H13Br. The third-order valence-electron chi connectivity index (χ3n) is 2.47. The van der Waals surface area contributed by atoms with E-state index in [0.29, 0.717) is 4.83 Å². The fourth-order valence-corrected chi connectivity index (χ4v) is 2.54. The number of halogens is 1. The summed E-state index contributed by atoms with van der Waals surface area (Å²) in [4.78, 5) is 0.559. The Morgan fingerprint density at radius 1 is 1.15 bits per heavy atom. The largest absolute Gasteiger partial charge is 0.0839 e. The minimum absolute atomic E-state index is 0.559. The molecule has 0 amide bonds. The molecule has 1 aliphatic carbocycles.